The Morgan fingerprint density at radius 1 is 1.20 bits per heavy atom. The van der Waals surface area contributed by atoms with E-state index in [2.05, 4.69) is 25.7 Å². The van der Waals surface area contributed by atoms with Gasteiger partial charge in [-0.15, -0.1) is 10.2 Å². The van der Waals surface area contributed by atoms with Gasteiger partial charge in [0.05, 0.1) is 12.0 Å². The largest absolute Gasteiger partial charge is 0.508 e. The molecule has 0 fully saturated rings. The molecule has 0 saturated carbocycles. The molecule has 0 aliphatic heterocycles. The van der Waals surface area contributed by atoms with E-state index in [1.807, 2.05) is 0 Å². The van der Waals surface area contributed by atoms with Gasteiger partial charge in [-0.25, -0.2) is 5.43 Å². The molecule has 0 aliphatic carbocycles. The van der Waals surface area contributed by atoms with E-state index in [-0.39, 0.29) is 17.4 Å². The van der Waals surface area contributed by atoms with Gasteiger partial charge in [-0.2, -0.15) is 5.10 Å². The molecule has 0 radical (unpaired) electrons. The van der Waals surface area contributed by atoms with Gasteiger partial charge in [0.1, 0.15) is 5.75 Å². The zero-order chi connectivity index (χ0) is 17.5. The van der Waals surface area contributed by atoms with Crippen LogP contribution in [0.3, 0.4) is 0 Å². The fourth-order valence-electron chi connectivity index (χ4n) is 1.78. The molecule has 2 aromatic heterocycles. The maximum Gasteiger partial charge on any atom is 0.277 e. The molecule has 25 heavy (non-hydrogen) atoms. The van der Waals surface area contributed by atoms with Gasteiger partial charge < -0.3 is 9.52 Å². The van der Waals surface area contributed by atoms with E-state index in [1.165, 1.54) is 18.3 Å². The summed E-state index contributed by atoms with van der Waals surface area (Å²) in [7, 11) is 0. The number of carbonyl (C=O) groups is 1. The number of pyridine rings is 1. The summed E-state index contributed by atoms with van der Waals surface area (Å²) in [6.07, 6.45) is 4.74. The quantitative estimate of drug-likeness (QED) is 0.395. The lowest BCUT2D eigenvalue weighted by Crippen LogP contribution is -2.19. The summed E-state index contributed by atoms with van der Waals surface area (Å²) >= 11 is 1.12. The van der Waals surface area contributed by atoms with E-state index >= 15 is 0 Å². The first-order valence-electron chi connectivity index (χ1n) is 7.18. The standard InChI is InChI=1S/C16H13N5O3S/c22-13-3-1-11(2-4-13)9-18-19-14(23)10-25-16-21-20-15(24-16)12-5-7-17-8-6-12/h1-9,22H,10H2,(H,19,23)/b18-9+. The minimum Gasteiger partial charge on any atom is -0.508 e. The molecule has 0 spiro atoms. The number of rotatable bonds is 6. The van der Waals surface area contributed by atoms with Gasteiger partial charge in [0.25, 0.3) is 11.1 Å². The van der Waals surface area contributed by atoms with Crippen molar-refractivity contribution in [2.45, 2.75) is 5.22 Å². The molecular formula is C16H13N5O3S. The molecule has 8 nitrogen and oxygen atoms in total. The molecular weight excluding hydrogens is 342 g/mol. The topological polar surface area (TPSA) is 114 Å². The van der Waals surface area contributed by atoms with E-state index in [0.717, 1.165) is 22.9 Å². The van der Waals surface area contributed by atoms with Crippen LogP contribution in [0.1, 0.15) is 5.56 Å². The van der Waals surface area contributed by atoms with Crippen LogP contribution in [0.5, 0.6) is 5.75 Å². The third-order valence-electron chi connectivity index (χ3n) is 2.96. The molecule has 0 aliphatic rings. The first-order chi connectivity index (χ1) is 12.2. The highest BCUT2D eigenvalue weighted by Crippen LogP contribution is 2.22. The van der Waals surface area contributed by atoms with Crippen molar-refractivity contribution in [1.82, 2.24) is 20.6 Å². The smallest absolute Gasteiger partial charge is 0.277 e. The van der Waals surface area contributed by atoms with E-state index in [4.69, 9.17) is 4.42 Å². The number of phenols is 1. The zero-order valence-electron chi connectivity index (χ0n) is 12.9. The molecule has 2 heterocycles. The lowest BCUT2D eigenvalue weighted by molar-refractivity contribution is -0.118. The van der Waals surface area contributed by atoms with E-state index in [0.29, 0.717) is 11.1 Å². The van der Waals surface area contributed by atoms with Gasteiger partial charge in [0, 0.05) is 18.0 Å². The van der Waals surface area contributed by atoms with E-state index in [1.54, 1.807) is 36.7 Å². The summed E-state index contributed by atoms with van der Waals surface area (Å²) in [6, 6.07) is 9.95. The average Bonchev–Trinajstić information content (AvgIpc) is 3.11. The molecule has 126 valence electrons. The second kappa shape index (κ2) is 8.06. The number of nitrogens with zero attached hydrogens (tertiary/aromatic N) is 4. The molecule has 2 N–H and O–H groups in total. The van der Waals surface area contributed by atoms with Crippen LogP contribution < -0.4 is 5.43 Å². The van der Waals surface area contributed by atoms with Crippen molar-refractivity contribution >= 4 is 23.9 Å². The van der Waals surface area contributed by atoms with Crippen molar-refractivity contribution in [3.05, 3.63) is 54.4 Å². The SMILES string of the molecule is O=C(CSc1nnc(-c2ccncc2)o1)N/N=C/c1ccc(O)cc1. The first kappa shape index (κ1) is 16.7. The van der Waals surface area contributed by atoms with Gasteiger partial charge >= 0.3 is 0 Å². The Bertz CT molecular complexity index is 865. The third kappa shape index (κ3) is 4.88. The third-order valence-corrected chi connectivity index (χ3v) is 3.77. The fraction of sp³-hybridized carbons (Fsp3) is 0.0625. The molecule has 9 heteroatoms. The van der Waals surface area contributed by atoms with Crippen molar-refractivity contribution in [2.24, 2.45) is 5.10 Å². The van der Waals surface area contributed by atoms with Crippen LogP contribution in [0, 0.1) is 0 Å². The average molecular weight is 355 g/mol. The van der Waals surface area contributed by atoms with Gasteiger partial charge in [0.15, 0.2) is 0 Å². The van der Waals surface area contributed by atoms with Crippen LogP contribution in [0.25, 0.3) is 11.5 Å². The highest BCUT2D eigenvalue weighted by atomic mass is 32.2. The minimum absolute atomic E-state index is 0.0882. The monoisotopic (exact) mass is 355 g/mol. The second-order valence-electron chi connectivity index (χ2n) is 4.78. The van der Waals surface area contributed by atoms with Crippen LogP contribution in [-0.2, 0) is 4.79 Å². The number of hydrazone groups is 1. The number of amides is 1. The lowest BCUT2D eigenvalue weighted by Gasteiger charge is -1.97. The highest BCUT2D eigenvalue weighted by Gasteiger charge is 2.10. The summed E-state index contributed by atoms with van der Waals surface area (Å²) < 4.78 is 5.48. The Labute approximate surface area is 147 Å². The molecule has 0 bridgehead atoms. The lowest BCUT2D eigenvalue weighted by atomic mass is 10.2. The van der Waals surface area contributed by atoms with Crippen LogP contribution in [-0.4, -0.2) is 38.2 Å². The molecule has 3 aromatic rings. The minimum atomic E-state index is -0.302. The van der Waals surface area contributed by atoms with Crippen LogP contribution in [0.15, 0.2) is 63.5 Å². The second-order valence-corrected chi connectivity index (χ2v) is 5.71. The molecule has 0 saturated heterocycles. The van der Waals surface area contributed by atoms with Crippen molar-refractivity contribution in [3.8, 4) is 17.2 Å². The van der Waals surface area contributed by atoms with Gasteiger partial charge in [-0.05, 0) is 42.0 Å². The van der Waals surface area contributed by atoms with Crippen LogP contribution >= 0.6 is 11.8 Å². The summed E-state index contributed by atoms with van der Waals surface area (Å²) in [5, 5.41) is 21.1. The van der Waals surface area contributed by atoms with Gasteiger partial charge in [-0.3, -0.25) is 9.78 Å². The number of phenolic OH excluding ortho intramolecular Hbond substituents is 1. The Kier molecular flexibility index (Phi) is 5.37. The number of hydrogen-bond acceptors (Lipinski definition) is 8. The summed E-state index contributed by atoms with van der Waals surface area (Å²) in [5.74, 6) is 0.327. The van der Waals surface area contributed by atoms with Gasteiger partial charge in [0.2, 0.25) is 5.89 Å². The first-order valence-corrected chi connectivity index (χ1v) is 8.17. The normalized spacial score (nSPS) is 10.9. The van der Waals surface area contributed by atoms with Crippen molar-refractivity contribution in [3.63, 3.8) is 0 Å². The predicted octanol–water partition coefficient (Wildman–Crippen LogP) is 2.08. The number of thioether (sulfide) groups is 1. The molecule has 1 amide bonds. The van der Waals surface area contributed by atoms with E-state index < -0.39 is 0 Å². The summed E-state index contributed by atoms with van der Waals surface area (Å²) in [5.41, 5.74) is 3.92. The fourth-order valence-corrected chi connectivity index (χ4v) is 2.33. The number of nitrogens with one attached hydrogen (secondary N) is 1. The number of benzene rings is 1. The van der Waals surface area contributed by atoms with Crippen LogP contribution in [0.4, 0.5) is 0 Å². The van der Waals surface area contributed by atoms with Crippen molar-refractivity contribution < 1.29 is 14.3 Å². The maximum absolute atomic E-state index is 11.8. The Balaban J connectivity index is 1.48. The van der Waals surface area contributed by atoms with Crippen molar-refractivity contribution in [1.29, 1.82) is 0 Å². The molecule has 1 aromatic carbocycles. The number of aromatic nitrogens is 3. The number of carbonyl (C=O) groups excluding carboxylic acids is 1. The Morgan fingerprint density at radius 3 is 2.72 bits per heavy atom. The number of hydrogen-bond donors (Lipinski definition) is 2. The zero-order valence-corrected chi connectivity index (χ0v) is 13.7. The van der Waals surface area contributed by atoms with Crippen molar-refractivity contribution in [2.75, 3.05) is 5.75 Å². The molecule has 3 rings (SSSR count). The highest BCUT2D eigenvalue weighted by molar-refractivity contribution is 7.99. The predicted molar refractivity (Wildman–Crippen MR) is 92.1 cm³/mol. The van der Waals surface area contributed by atoms with E-state index in [9.17, 15) is 9.90 Å². The van der Waals surface area contributed by atoms with Gasteiger partial charge in [-0.1, -0.05) is 11.8 Å². The maximum atomic E-state index is 11.8. The Hall–Kier alpha value is -3.20. The summed E-state index contributed by atoms with van der Waals surface area (Å²) in [4.78, 5) is 15.7. The molecule has 0 unspecified atom stereocenters. The number of aromatic hydroxyl groups is 1. The Morgan fingerprint density at radius 2 is 1.96 bits per heavy atom. The molecule has 0 atom stereocenters. The summed E-state index contributed by atoms with van der Waals surface area (Å²) in [6.45, 7) is 0. The van der Waals surface area contributed by atoms with Crippen LogP contribution in [0.2, 0.25) is 0 Å².